The minimum Gasteiger partial charge on any atom is -0.356 e. The molecule has 0 fully saturated rings. The van der Waals surface area contributed by atoms with Crippen molar-refractivity contribution in [3.8, 4) is 0 Å². The van der Waals surface area contributed by atoms with Gasteiger partial charge in [-0.25, -0.2) is 0 Å². The van der Waals surface area contributed by atoms with Crippen LogP contribution in [0.3, 0.4) is 0 Å². The number of carbonyl (C=O) groups is 1. The van der Waals surface area contributed by atoms with Crippen molar-refractivity contribution in [3.63, 3.8) is 0 Å². The van der Waals surface area contributed by atoms with E-state index in [9.17, 15) is 4.79 Å². The van der Waals surface area contributed by atoms with Gasteiger partial charge in [-0.05, 0) is 30.0 Å². The molecule has 122 valence electrons. The van der Waals surface area contributed by atoms with E-state index in [1.54, 1.807) is 26.0 Å². The fourth-order valence-electron chi connectivity index (χ4n) is 1.96. The molecule has 22 heavy (non-hydrogen) atoms. The molecule has 0 spiro atoms. The molecule has 0 atom stereocenters. The van der Waals surface area contributed by atoms with Crippen LogP contribution >= 0.6 is 0 Å². The zero-order valence-corrected chi connectivity index (χ0v) is 14.3. The van der Waals surface area contributed by atoms with Gasteiger partial charge in [0.25, 0.3) is 5.91 Å². The zero-order chi connectivity index (χ0) is 16.5. The summed E-state index contributed by atoms with van der Waals surface area (Å²) in [6.45, 7) is 5.99. The van der Waals surface area contributed by atoms with E-state index in [4.69, 9.17) is 0 Å². The van der Waals surface area contributed by atoms with Crippen LogP contribution in [-0.2, 0) is 6.42 Å². The number of hydrogen-bond donors (Lipinski definition) is 2. The first-order chi connectivity index (χ1) is 10.4. The monoisotopic (exact) mass is 304 g/mol. The van der Waals surface area contributed by atoms with Gasteiger partial charge in [0.1, 0.15) is 0 Å². The Bertz CT molecular complexity index is 509. The summed E-state index contributed by atoms with van der Waals surface area (Å²) < 4.78 is 0. The van der Waals surface area contributed by atoms with E-state index in [0.29, 0.717) is 5.92 Å². The Labute approximate surface area is 133 Å². The molecule has 0 aromatic heterocycles. The summed E-state index contributed by atoms with van der Waals surface area (Å²) in [5, 5.41) is 6.57. The summed E-state index contributed by atoms with van der Waals surface area (Å²) in [6, 6.07) is 7.77. The standard InChI is InChI=1S/C17H28N4O/c1-13(2)12-20-17(18-3)19-10-9-14-7-6-8-15(11-14)16(22)21(4)5/h6-8,11,13H,9-10,12H2,1-5H3,(H2,18,19,20). The van der Waals surface area contributed by atoms with Crippen molar-refractivity contribution in [2.75, 3.05) is 34.2 Å². The molecule has 5 heteroatoms. The number of benzene rings is 1. The van der Waals surface area contributed by atoms with E-state index in [2.05, 4.69) is 29.5 Å². The van der Waals surface area contributed by atoms with Gasteiger partial charge in [0.05, 0.1) is 0 Å². The average molecular weight is 304 g/mol. The maximum absolute atomic E-state index is 12.0. The van der Waals surface area contributed by atoms with Crippen molar-refractivity contribution in [1.82, 2.24) is 15.5 Å². The number of nitrogens with one attached hydrogen (secondary N) is 2. The van der Waals surface area contributed by atoms with Crippen LogP contribution in [0.2, 0.25) is 0 Å². The third-order valence-corrected chi connectivity index (χ3v) is 3.19. The van der Waals surface area contributed by atoms with E-state index in [1.807, 2.05) is 24.3 Å². The lowest BCUT2D eigenvalue weighted by Crippen LogP contribution is -2.39. The fraction of sp³-hybridized carbons (Fsp3) is 0.529. The minimum absolute atomic E-state index is 0.0317. The highest BCUT2D eigenvalue weighted by molar-refractivity contribution is 5.94. The molecule has 0 radical (unpaired) electrons. The van der Waals surface area contributed by atoms with Crippen molar-refractivity contribution in [2.45, 2.75) is 20.3 Å². The van der Waals surface area contributed by atoms with Gasteiger partial charge < -0.3 is 15.5 Å². The Morgan fingerprint density at radius 3 is 2.59 bits per heavy atom. The Hall–Kier alpha value is -2.04. The van der Waals surface area contributed by atoms with Crippen LogP contribution in [0, 0.1) is 5.92 Å². The molecule has 1 aromatic carbocycles. The lowest BCUT2D eigenvalue weighted by molar-refractivity contribution is 0.0827. The quantitative estimate of drug-likeness (QED) is 0.622. The number of carbonyl (C=O) groups excluding carboxylic acids is 1. The van der Waals surface area contributed by atoms with Gasteiger partial charge in [-0.2, -0.15) is 0 Å². The predicted molar refractivity (Wildman–Crippen MR) is 92.4 cm³/mol. The molecule has 1 aromatic rings. The molecule has 2 N–H and O–H groups in total. The molecule has 0 aliphatic rings. The smallest absolute Gasteiger partial charge is 0.253 e. The van der Waals surface area contributed by atoms with Crippen LogP contribution < -0.4 is 10.6 Å². The van der Waals surface area contributed by atoms with E-state index < -0.39 is 0 Å². The van der Waals surface area contributed by atoms with E-state index in [1.165, 1.54) is 0 Å². The Morgan fingerprint density at radius 1 is 1.27 bits per heavy atom. The van der Waals surface area contributed by atoms with Crippen LogP contribution in [0.1, 0.15) is 29.8 Å². The Kier molecular flexibility index (Phi) is 7.43. The first kappa shape index (κ1) is 18.0. The third-order valence-electron chi connectivity index (χ3n) is 3.19. The summed E-state index contributed by atoms with van der Waals surface area (Å²) in [5.41, 5.74) is 1.87. The first-order valence-electron chi connectivity index (χ1n) is 7.69. The summed E-state index contributed by atoms with van der Waals surface area (Å²) >= 11 is 0. The molecular formula is C17H28N4O. The molecule has 5 nitrogen and oxygen atoms in total. The SMILES string of the molecule is CN=C(NCCc1cccc(C(=O)N(C)C)c1)NCC(C)C. The molecule has 0 aliphatic carbocycles. The van der Waals surface area contributed by atoms with Gasteiger partial charge in [-0.3, -0.25) is 9.79 Å². The lowest BCUT2D eigenvalue weighted by atomic mass is 10.1. The third kappa shape index (κ3) is 6.16. The molecule has 1 amide bonds. The van der Waals surface area contributed by atoms with Gasteiger partial charge in [-0.15, -0.1) is 0 Å². The van der Waals surface area contributed by atoms with Gasteiger partial charge in [0.15, 0.2) is 5.96 Å². The Balaban J connectivity index is 2.51. The van der Waals surface area contributed by atoms with Crippen LogP contribution in [-0.4, -0.2) is 51.0 Å². The number of aliphatic imine (C=N–C) groups is 1. The number of rotatable bonds is 6. The second-order valence-corrected chi connectivity index (χ2v) is 5.92. The van der Waals surface area contributed by atoms with Crippen LogP contribution in [0.4, 0.5) is 0 Å². The van der Waals surface area contributed by atoms with E-state index in [0.717, 1.165) is 36.6 Å². The highest BCUT2D eigenvalue weighted by Gasteiger charge is 2.08. The molecule has 1 rings (SSSR count). The topological polar surface area (TPSA) is 56.7 Å². The molecule has 0 bridgehead atoms. The van der Waals surface area contributed by atoms with Crippen LogP contribution in [0.5, 0.6) is 0 Å². The lowest BCUT2D eigenvalue weighted by Gasteiger charge is -2.14. The summed E-state index contributed by atoms with van der Waals surface area (Å²) in [5.74, 6) is 1.42. The zero-order valence-electron chi connectivity index (χ0n) is 14.3. The van der Waals surface area contributed by atoms with E-state index >= 15 is 0 Å². The summed E-state index contributed by atoms with van der Waals surface area (Å²) in [4.78, 5) is 17.7. The summed E-state index contributed by atoms with van der Waals surface area (Å²) in [7, 11) is 5.30. The van der Waals surface area contributed by atoms with Gasteiger partial charge in [0, 0.05) is 39.8 Å². The largest absolute Gasteiger partial charge is 0.356 e. The van der Waals surface area contributed by atoms with Crippen LogP contribution in [0.15, 0.2) is 29.3 Å². The Morgan fingerprint density at radius 2 is 2.00 bits per heavy atom. The normalized spacial score (nSPS) is 11.5. The van der Waals surface area contributed by atoms with Crippen LogP contribution in [0.25, 0.3) is 0 Å². The molecular weight excluding hydrogens is 276 g/mol. The maximum Gasteiger partial charge on any atom is 0.253 e. The number of guanidine groups is 1. The van der Waals surface area contributed by atoms with Gasteiger partial charge >= 0.3 is 0 Å². The number of hydrogen-bond acceptors (Lipinski definition) is 2. The predicted octanol–water partition coefficient (Wildman–Crippen LogP) is 1.75. The maximum atomic E-state index is 12.0. The van der Waals surface area contributed by atoms with Crippen molar-refractivity contribution < 1.29 is 4.79 Å². The first-order valence-corrected chi connectivity index (χ1v) is 7.69. The second-order valence-electron chi connectivity index (χ2n) is 5.92. The molecule has 0 saturated carbocycles. The van der Waals surface area contributed by atoms with Gasteiger partial charge in [0.2, 0.25) is 0 Å². The summed E-state index contributed by atoms with van der Waals surface area (Å²) in [6.07, 6.45) is 0.844. The minimum atomic E-state index is 0.0317. The van der Waals surface area contributed by atoms with Crippen molar-refractivity contribution in [2.24, 2.45) is 10.9 Å². The van der Waals surface area contributed by atoms with Crippen molar-refractivity contribution >= 4 is 11.9 Å². The molecule has 0 saturated heterocycles. The fourth-order valence-corrected chi connectivity index (χ4v) is 1.96. The highest BCUT2D eigenvalue weighted by atomic mass is 16.2. The molecule has 0 heterocycles. The number of nitrogens with zero attached hydrogens (tertiary/aromatic N) is 2. The number of amides is 1. The van der Waals surface area contributed by atoms with Crippen molar-refractivity contribution in [3.05, 3.63) is 35.4 Å². The molecule has 0 aliphatic heterocycles. The second kappa shape index (κ2) is 9.07. The average Bonchev–Trinajstić information content (AvgIpc) is 2.49. The van der Waals surface area contributed by atoms with Gasteiger partial charge in [-0.1, -0.05) is 26.0 Å². The molecule has 0 unspecified atom stereocenters. The van der Waals surface area contributed by atoms with E-state index in [-0.39, 0.29) is 5.91 Å². The van der Waals surface area contributed by atoms with Crippen molar-refractivity contribution in [1.29, 1.82) is 0 Å². The highest BCUT2D eigenvalue weighted by Crippen LogP contribution is 2.07.